The SMILES string of the molecule is O/N=C1/C[CH]CC1. The minimum Gasteiger partial charge on any atom is -0.411 e. The third-order valence-electron chi connectivity index (χ3n) is 1.16. The molecule has 1 saturated carbocycles. The molecule has 1 rings (SSSR count). The Balaban J connectivity index is 2.41. The molecule has 0 aromatic heterocycles. The molecule has 1 radical (unpaired) electrons. The first kappa shape index (κ1) is 4.62. The molecule has 7 heavy (non-hydrogen) atoms. The molecular weight excluding hydrogens is 90.1 g/mol. The van der Waals surface area contributed by atoms with E-state index in [9.17, 15) is 0 Å². The molecule has 0 amide bonds. The monoisotopic (exact) mass is 98.1 g/mol. The third-order valence-corrected chi connectivity index (χ3v) is 1.16. The predicted octanol–water partition coefficient (Wildman–Crippen LogP) is 1.20. The molecule has 2 nitrogen and oxygen atoms in total. The van der Waals surface area contributed by atoms with E-state index in [4.69, 9.17) is 5.21 Å². The highest BCUT2D eigenvalue weighted by Gasteiger charge is 2.06. The van der Waals surface area contributed by atoms with Gasteiger partial charge in [-0.3, -0.25) is 0 Å². The molecule has 0 unspecified atom stereocenters. The van der Waals surface area contributed by atoms with Gasteiger partial charge in [-0.2, -0.15) is 0 Å². The molecule has 1 fully saturated rings. The molecule has 1 N–H and O–H groups in total. The van der Waals surface area contributed by atoms with Gasteiger partial charge in [-0.05, 0) is 25.7 Å². The fourth-order valence-electron chi connectivity index (χ4n) is 0.730. The van der Waals surface area contributed by atoms with Gasteiger partial charge < -0.3 is 5.21 Å². The lowest BCUT2D eigenvalue weighted by Crippen LogP contribution is -1.85. The van der Waals surface area contributed by atoms with Crippen LogP contribution in [0.15, 0.2) is 5.16 Å². The van der Waals surface area contributed by atoms with E-state index in [0.717, 1.165) is 25.0 Å². The molecule has 0 saturated heterocycles. The van der Waals surface area contributed by atoms with Crippen molar-refractivity contribution < 1.29 is 5.21 Å². The van der Waals surface area contributed by atoms with Gasteiger partial charge in [-0.1, -0.05) is 5.16 Å². The van der Waals surface area contributed by atoms with Crippen molar-refractivity contribution in [3.63, 3.8) is 0 Å². The first-order chi connectivity index (χ1) is 3.43. The Morgan fingerprint density at radius 2 is 2.57 bits per heavy atom. The lowest BCUT2D eigenvalue weighted by Gasteiger charge is -1.82. The number of hydrogen-bond acceptors (Lipinski definition) is 2. The maximum atomic E-state index is 8.13. The summed E-state index contributed by atoms with van der Waals surface area (Å²) in [5.41, 5.74) is 0.917. The summed E-state index contributed by atoms with van der Waals surface area (Å²) >= 11 is 0. The topological polar surface area (TPSA) is 32.6 Å². The van der Waals surface area contributed by atoms with E-state index >= 15 is 0 Å². The molecule has 0 atom stereocenters. The fraction of sp³-hybridized carbons (Fsp3) is 0.600. The highest BCUT2D eigenvalue weighted by Crippen LogP contribution is 2.12. The molecule has 0 aromatic carbocycles. The van der Waals surface area contributed by atoms with Crippen molar-refractivity contribution in [3.8, 4) is 0 Å². The van der Waals surface area contributed by atoms with Gasteiger partial charge in [0.05, 0.1) is 5.71 Å². The van der Waals surface area contributed by atoms with Gasteiger partial charge in [-0.25, -0.2) is 0 Å². The van der Waals surface area contributed by atoms with E-state index in [1.165, 1.54) is 0 Å². The van der Waals surface area contributed by atoms with Crippen molar-refractivity contribution in [2.45, 2.75) is 19.3 Å². The maximum absolute atomic E-state index is 8.13. The summed E-state index contributed by atoms with van der Waals surface area (Å²) in [5, 5.41) is 11.2. The Hall–Kier alpha value is -0.530. The average molecular weight is 98.1 g/mol. The second kappa shape index (κ2) is 1.96. The largest absolute Gasteiger partial charge is 0.411 e. The van der Waals surface area contributed by atoms with Gasteiger partial charge in [0.15, 0.2) is 0 Å². The molecule has 0 heterocycles. The second-order valence-corrected chi connectivity index (χ2v) is 1.70. The Bertz CT molecular complexity index is 80.1. The van der Waals surface area contributed by atoms with Crippen LogP contribution in [-0.2, 0) is 0 Å². The van der Waals surface area contributed by atoms with E-state index in [1.54, 1.807) is 0 Å². The molecule has 2 heteroatoms. The highest BCUT2D eigenvalue weighted by molar-refractivity contribution is 5.86. The summed E-state index contributed by atoms with van der Waals surface area (Å²) in [6, 6.07) is 0. The Morgan fingerprint density at radius 3 is 2.86 bits per heavy atom. The Kier molecular flexibility index (Phi) is 1.29. The summed E-state index contributed by atoms with van der Waals surface area (Å²) in [6.45, 7) is 0. The molecule has 0 spiro atoms. The molecule has 39 valence electrons. The van der Waals surface area contributed by atoms with Crippen molar-refractivity contribution in [3.05, 3.63) is 6.42 Å². The lowest BCUT2D eigenvalue weighted by molar-refractivity contribution is 0.317. The Morgan fingerprint density at radius 1 is 1.71 bits per heavy atom. The molecular formula is C5H8NO. The summed E-state index contributed by atoms with van der Waals surface area (Å²) in [6.07, 6.45) is 5.04. The second-order valence-electron chi connectivity index (χ2n) is 1.70. The van der Waals surface area contributed by atoms with Crippen LogP contribution in [0.3, 0.4) is 0 Å². The van der Waals surface area contributed by atoms with Crippen molar-refractivity contribution >= 4 is 5.71 Å². The van der Waals surface area contributed by atoms with Crippen LogP contribution in [0.5, 0.6) is 0 Å². The van der Waals surface area contributed by atoms with Gasteiger partial charge in [-0.15, -0.1) is 0 Å². The quantitative estimate of drug-likeness (QED) is 0.358. The lowest BCUT2D eigenvalue weighted by atomic mass is 10.3. The summed E-state index contributed by atoms with van der Waals surface area (Å²) in [5.74, 6) is 0. The normalized spacial score (nSPS) is 26.6. The molecule has 1 aliphatic rings. The van der Waals surface area contributed by atoms with Gasteiger partial charge in [0, 0.05) is 0 Å². The molecule has 0 aliphatic heterocycles. The van der Waals surface area contributed by atoms with Crippen LogP contribution in [0.1, 0.15) is 19.3 Å². The zero-order chi connectivity index (χ0) is 5.11. The van der Waals surface area contributed by atoms with Crippen molar-refractivity contribution in [2.24, 2.45) is 5.16 Å². The average Bonchev–Trinajstić information content (AvgIpc) is 2.14. The standard InChI is InChI=1S/C5H8NO/c7-6-5-3-1-2-4-5/h1,7H,2-4H2/b6-5-. The zero-order valence-electron chi connectivity index (χ0n) is 4.09. The van der Waals surface area contributed by atoms with Crippen LogP contribution in [0, 0.1) is 6.42 Å². The fourth-order valence-corrected chi connectivity index (χ4v) is 0.730. The van der Waals surface area contributed by atoms with Crippen LogP contribution in [0.25, 0.3) is 0 Å². The number of nitrogens with zero attached hydrogens (tertiary/aromatic N) is 1. The first-order valence-corrected chi connectivity index (χ1v) is 2.45. The van der Waals surface area contributed by atoms with Crippen LogP contribution in [-0.4, -0.2) is 10.9 Å². The number of oxime groups is 1. The van der Waals surface area contributed by atoms with Crippen molar-refractivity contribution in [1.82, 2.24) is 0 Å². The van der Waals surface area contributed by atoms with E-state index in [1.807, 2.05) is 0 Å². The summed E-state index contributed by atoms with van der Waals surface area (Å²) in [4.78, 5) is 0. The van der Waals surface area contributed by atoms with Crippen molar-refractivity contribution in [1.29, 1.82) is 0 Å². The van der Waals surface area contributed by atoms with Gasteiger partial charge in [0.2, 0.25) is 0 Å². The number of hydrogen-bond donors (Lipinski definition) is 1. The minimum absolute atomic E-state index is 0.885. The summed E-state index contributed by atoms with van der Waals surface area (Å²) in [7, 11) is 0. The molecule has 0 bridgehead atoms. The van der Waals surface area contributed by atoms with E-state index in [0.29, 0.717) is 0 Å². The van der Waals surface area contributed by atoms with Crippen LogP contribution in [0.4, 0.5) is 0 Å². The van der Waals surface area contributed by atoms with E-state index in [2.05, 4.69) is 11.6 Å². The van der Waals surface area contributed by atoms with E-state index in [-0.39, 0.29) is 0 Å². The van der Waals surface area contributed by atoms with Gasteiger partial charge in [0.25, 0.3) is 0 Å². The third kappa shape index (κ3) is 0.918. The van der Waals surface area contributed by atoms with Crippen LogP contribution in [0.2, 0.25) is 0 Å². The van der Waals surface area contributed by atoms with Gasteiger partial charge >= 0.3 is 0 Å². The number of rotatable bonds is 0. The van der Waals surface area contributed by atoms with E-state index < -0.39 is 0 Å². The maximum Gasteiger partial charge on any atom is 0.0573 e. The minimum atomic E-state index is 0.885. The smallest absolute Gasteiger partial charge is 0.0573 e. The molecule has 1 aliphatic carbocycles. The highest BCUT2D eigenvalue weighted by atomic mass is 16.4. The first-order valence-electron chi connectivity index (χ1n) is 2.45. The summed E-state index contributed by atoms with van der Waals surface area (Å²) < 4.78 is 0. The molecule has 0 aromatic rings. The van der Waals surface area contributed by atoms with Gasteiger partial charge in [0.1, 0.15) is 0 Å². The van der Waals surface area contributed by atoms with Crippen LogP contribution < -0.4 is 0 Å². The zero-order valence-corrected chi connectivity index (χ0v) is 4.09. The Labute approximate surface area is 42.8 Å². The van der Waals surface area contributed by atoms with Crippen molar-refractivity contribution in [2.75, 3.05) is 0 Å². The predicted molar refractivity (Wildman–Crippen MR) is 27.4 cm³/mol. The van der Waals surface area contributed by atoms with Crippen LogP contribution >= 0.6 is 0 Å².